The number of nitrogens with two attached hydrogens (primary N) is 1. The van der Waals surface area contributed by atoms with Crippen LogP contribution < -0.4 is 5.73 Å². The number of amides is 1. The lowest BCUT2D eigenvalue weighted by Gasteiger charge is -2.39. The molecule has 1 heterocycles. The Kier molecular flexibility index (Phi) is 7.56. The van der Waals surface area contributed by atoms with Crippen molar-refractivity contribution in [3.05, 3.63) is 29.8 Å². The lowest BCUT2D eigenvalue weighted by Crippen LogP contribution is -2.53. The van der Waals surface area contributed by atoms with Crippen molar-refractivity contribution in [3.63, 3.8) is 0 Å². The van der Waals surface area contributed by atoms with Gasteiger partial charge in [0.1, 0.15) is 0 Å². The molecule has 1 aromatic rings. The number of alkyl halides is 3. The monoisotopic (exact) mass is 475 g/mol. The van der Waals surface area contributed by atoms with Crippen LogP contribution in [0.2, 0.25) is 0 Å². The molecule has 2 aliphatic rings. The highest BCUT2D eigenvalue weighted by atomic mass is 32.2. The van der Waals surface area contributed by atoms with Gasteiger partial charge in [-0.1, -0.05) is 19.9 Å². The van der Waals surface area contributed by atoms with E-state index in [1.165, 1.54) is 10.4 Å². The van der Waals surface area contributed by atoms with Crippen molar-refractivity contribution in [2.75, 3.05) is 13.1 Å². The number of sulfonamides is 1. The molecule has 1 amide bonds. The molecule has 2 N–H and O–H groups in total. The summed E-state index contributed by atoms with van der Waals surface area (Å²) in [4.78, 5) is 14.1. The van der Waals surface area contributed by atoms with E-state index in [-0.39, 0.29) is 35.9 Å². The van der Waals surface area contributed by atoms with Crippen molar-refractivity contribution in [2.24, 2.45) is 11.7 Å². The Hall–Kier alpha value is -1.65. The standard InChI is InChI=1S/C22H32F3N3O3S/c1-15(2)11-17(26)13-21(29)27-10-4-6-19(14-27)28(18-8-9-18)32(30,31)20-7-3-5-16(12-20)22(23,24)25/h3,5,7,12,15,17-19H,4,6,8-11,13-14,26H2,1-2H3/t17?,19-/m1/s1. The molecule has 2 fully saturated rings. The summed E-state index contributed by atoms with van der Waals surface area (Å²) in [6.07, 6.45) is -1.16. The Labute approximate surface area is 188 Å². The summed E-state index contributed by atoms with van der Waals surface area (Å²) in [6, 6.07) is 2.93. The second-order valence-corrected chi connectivity index (χ2v) is 11.2. The summed E-state index contributed by atoms with van der Waals surface area (Å²) < 4.78 is 67.6. The molecule has 6 nitrogen and oxygen atoms in total. The molecular weight excluding hydrogens is 443 g/mol. The average Bonchev–Trinajstić information content (AvgIpc) is 3.51. The van der Waals surface area contributed by atoms with Crippen LogP contribution in [-0.2, 0) is 21.0 Å². The minimum absolute atomic E-state index is 0.102. The summed E-state index contributed by atoms with van der Waals surface area (Å²) in [5.74, 6) is 0.268. The van der Waals surface area contributed by atoms with Crippen molar-refractivity contribution in [1.29, 1.82) is 0 Å². The molecule has 3 rings (SSSR count). The quantitative estimate of drug-likeness (QED) is 0.623. The third-order valence-electron chi connectivity index (χ3n) is 5.96. The van der Waals surface area contributed by atoms with Crippen molar-refractivity contribution in [3.8, 4) is 0 Å². The summed E-state index contributed by atoms with van der Waals surface area (Å²) in [5, 5.41) is 0. The highest BCUT2D eigenvalue weighted by molar-refractivity contribution is 7.89. The van der Waals surface area contributed by atoms with E-state index >= 15 is 0 Å². The van der Waals surface area contributed by atoms with Gasteiger partial charge >= 0.3 is 6.18 Å². The van der Waals surface area contributed by atoms with Crippen LogP contribution >= 0.6 is 0 Å². The van der Waals surface area contributed by atoms with Crippen LogP contribution in [-0.4, -0.2) is 54.7 Å². The second kappa shape index (κ2) is 9.69. The van der Waals surface area contributed by atoms with Gasteiger partial charge in [-0.25, -0.2) is 8.42 Å². The number of hydrogen-bond donors (Lipinski definition) is 1. The maximum Gasteiger partial charge on any atom is 0.416 e. The van der Waals surface area contributed by atoms with E-state index in [4.69, 9.17) is 5.73 Å². The van der Waals surface area contributed by atoms with Gasteiger partial charge in [-0.2, -0.15) is 17.5 Å². The maximum atomic E-state index is 13.4. The molecule has 0 aromatic heterocycles. The number of nitrogens with zero attached hydrogens (tertiary/aromatic N) is 2. The smallest absolute Gasteiger partial charge is 0.341 e. The zero-order chi connectivity index (χ0) is 23.7. The van der Waals surface area contributed by atoms with Crippen LogP contribution in [0.5, 0.6) is 0 Å². The molecule has 0 radical (unpaired) electrons. The van der Waals surface area contributed by atoms with Gasteiger partial charge < -0.3 is 10.6 Å². The van der Waals surface area contributed by atoms with E-state index in [1.807, 2.05) is 13.8 Å². The summed E-state index contributed by atoms with van der Waals surface area (Å²) >= 11 is 0. The molecule has 1 aliphatic carbocycles. The fraction of sp³-hybridized carbons (Fsp3) is 0.682. The third kappa shape index (κ3) is 6.02. The number of carbonyl (C=O) groups is 1. The minimum Gasteiger partial charge on any atom is -0.341 e. The lowest BCUT2D eigenvalue weighted by molar-refractivity contribution is -0.137. The molecule has 1 aromatic carbocycles. The average molecular weight is 476 g/mol. The van der Waals surface area contributed by atoms with Crippen LogP contribution in [0, 0.1) is 5.92 Å². The Balaban J connectivity index is 1.79. The number of rotatable bonds is 8. The molecular formula is C22H32F3N3O3S. The lowest BCUT2D eigenvalue weighted by atomic mass is 10.00. The SMILES string of the molecule is CC(C)CC(N)CC(=O)N1CCC[C@@H](N(C2CC2)S(=O)(=O)c2cccc(C(F)(F)F)c2)C1. The van der Waals surface area contributed by atoms with Gasteiger partial charge in [0.2, 0.25) is 15.9 Å². The molecule has 1 saturated carbocycles. The molecule has 1 aliphatic heterocycles. The predicted octanol–water partition coefficient (Wildman–Crippen LogP) is 3.61. The number of likely N-dealkylation sites (tertiary alicyclic amines) is 1. The molecule has 0 spiro atoms. The molecule has 32 heavy (non-hydrogen) atoms. The predicted molar refractivity (Wildman–Crippen MR) is 115 cm³/mol. The molecule has 0 bridgehead atoms. The molecule has 1 unspecified atom stereocenters. The van der Waals surface area contributed by atoms with Gasteiger partial charge in [-0.15, -0.1) is 0 Å². The van der Waals surface area contributed by atoms with E-state index in [9.17, 15) is 26.4 Å². The zero-order valence-electron chi connectivity index (χ0n) is 18.5. The molecule has 1 saturated heterocycles. The van der Waals surface area contributed by atoms with Crippen LogP contribution in [0.1, 0.15) is 57.9 Å². The number of carbonyl (C=O) groups excluding carboxylic acids is 1. The van der Waals surface area contributed by atoms with Crippen LogP contribution in [0.15, 0.2) is 29.2 Å². The fourth-order valence-electron chi connectivity index (χ4n) is 4.41. The van der Waals surface area contributed by atoms with E-state index in [0.717, 1.165) is 18.6 Å². The summed E-state index contributed by atoms with van der Waals surface area (Å²) in [5.41, 5.74) is 5.09. The van der Waals surface area contributed by atoms with Crippen molar-refractivity contribution in [1.82, 2.24) is 9.21 Å². The highest BCUT2D eigenvalue weighted by Crippen LogP contribution is 2.38. The first-order valence-electron chi connectivity index (χ1n) is 11.1. The Bertz CT molecular complexity index is 916. The number of benzene rings is 1. The molecule has 10 heteroatoms. The number of halogens is 3. The van der Waals surface area contributed by atoms with E-state index < -0.39 is 27.8 Å². The summed E-state index contributed by atoms with van der Waals surface area (Å²) in [7, 11) is -4.14. The maximum absolute atomic E-state index is 13.4. The summed E-state index contributed by atoms with van der Waals surface area (Å²) in [6.45, 7) is 4.84. The van der Waals surface area contributed by atoms with Crippen LogP contribution in [0.25, 0.3) is 0 Å². The molecule has 180 valence electrons. The topological polar surface area (TPSA) is 83.7 Å². The third-order valence-corrected chi connectivity index (χ3v) is 7.96. The van der Waals surface area contributed by atoms with Crippen molar-refractivity contribution in [2.45, 2.75) is 81.6 Å². The first-order valence-corrected chi connectivity index (χ1v) is 12.6. The number of piperidine rings is 1. The van der Waals surface area contributed by atoms with Gasteiger partial charge in [-0.3, -0.25) is 4.79 Å². The van der Waals surface area contributed by atoms with Gasteiger partial charge in [0.25, 0.3) is 0 Å². The fourth-order valence-corrected chi connectivity index (χ4v) is 6.34. The Morgan fingerprint density at radius 2 is 1.91 bits per heavy atom. The Morgan fingerprint density at radius 3 is 2.50 bits per heavy atom. The van der Waals surface area contributed by atoms with Crippen LogP contribution in [0.4, 0.5) is 13.2 Å². The van der Waals surface area contributed by atoms with E-state index in [2.05, 4.69) is 0 Å². The van der Waals surface area contributed by atoms with E-state index in [1.54, 1.807) is 4.90 Å². The number of hydrogen-bond acceptors (Lipinski definition) is 4. The van der Waals surface area contributed by atoms with Crippen molar-refractivity contribution < 1.29 is 26.4 Å². The Morgan fingerprint density at radius 1 is 1.22 bits per heavy atom. The van der Waals surface area contributed by atoms with Gasteiger partial charge in [0, 0.05) is 37.6 Å². The first-order chi connectivity index (χ1) is 14.9. The second-order valence-electron chi connectivity index (χ2n) is 9.32. The highest BCUT2D eigenvalue weighted by Gasteiger charge is 2.44. The van der Waals surface area contributed by atoms with Gasteiger partial charge in [-0.05, 0) is 56.2 Å². The normalized spacial score (nSPS) is 21.2. The minimum atomic E-state index is -4.63. The van der Waals surface area contributed by atoms with Gasteiger partial charge in [0.05, 0.1) is 10.5 Å². The van der Waals surface area contributed by atoms with Crippen molar-refractivity contribution >= 4 is 15.9 Å². The zero-order valence-corrected chi connectivity index (χ0v) is 19.3. The van der Waals surface area contributed by atoms with Crippen LogP contribution in [0.3, 0.4) is 0 Å². The molecule has 2 atom stereocenters. The largest absolute Gasteiger partial charge is 0.416 e. The first kappa shape index (κ1) is 25.0. The van der Waals surface area contributed by atoms with Gasteiger partial charge in [0.15, 0.2) is 0 Å². The van der Waals surface area contributed by atoms with E-state index in [0.29, 0.717) is 44.2 Å².